The number of urea groups is 1. The molecule has 1 unspecified atom stereocenters. The van der Waals surface area contributed by atoms with E-state index in [0.717, 1.165) is 24.2 Å². The van der Waals surface area contributed by atoms with Crippen molar-refractivity contribution in [1.29, 1.82) is 5.26 Å². The largest absolute Gasteiger partial charge is 0.491 e. The summed E-state index contributed by atoms with van der Waals surface area (Å²) >= 11 is 0. The number of rotatable bonds is 7. The number of aliphatic hydroxyl groups excluding tert-OH is 1. The van der Waals surface area contributed by atoms with Crippen molar-refractivity contribution in [3.63, 3.8) is 0 Å². The maximum atomic E-state index is 13.1. The van der Waals surface area contributed by atoms with Gasteiger partial charge in [-0.05, 0) is 61.3 Å². The van der Waals surface area contributed by atoms with Crippen LogP contribution in [0, 0.1) is 22.7 Å². The van der Waals surface area contributed by atoms with E-state index in [9.17, 15) is 14.7 Å². The molecule has 0 bridgehead atoms. The van der Waals surface area contributed by atoms with Gasteiger partial charge in [-0.3, -0.25) is 9.69 Å². The number of ether oxygens (including phenoxy) is 1. The summed E-state index contributed by atoms with van der Waals surface area (Å²) in [4.78, 5) is 26.7. The Hall–Kier alpha value is -2.59. The van der Waals surface area contributed by atoms with Crippen LogP contribution in [0.4, 0.5) is 4.79 Å². The molecule has 1 saturated carbocycles. The second-order valence-electron chi connectivity index (χ2n) is 9.15. The Balaban J connectivity index is 1.55. The summed E-state index contributed by atoms with van der Waals surface area (Å²) in [6.45, 7) is 6.56. The van der Waals surface area contributed by atoms with Gasteiger partial charge in [-0.15, -0.1) is 0 Å². The van der Waals surface area contributed by atoms with Crippen molar-refractivity contribution in [3.8, 4) is 11.8 Å². The summed E-state index contributed by atoms with van der Waals surface area (Å²) in [5.41, 5.74) is -0.0820. The molecular weight excluding hydrogens is 382 g/mol. The SMILES string of the molecule is CCC(C)(C)C1CCC2(CC1)NC(=O)N(CC(O)COc1ccc(C#N)cc1)C2=O. The molecule has 2 fully saturated rings. The van der Waals surface area contributed by atoms with E-state index < -0.39 is 17.7 Å². The van der Waals surface area contributed by atoms with Gasteiger partial charge in [0.05, 0.1) is 18.2 Å². The highest BCUT2D eigenvalue weighted by Gasteiger charge is 2.53. The number of nitrogens with zero attached hydrogens (tertiary/aromatic N) is 2. The minimum absolute atomic E-state index is 0.0529. The molecule has 1 aliphatic carbocycles. The fourth-order valence-electron chi connectivity index (χ4n) is 4.44. The number of β-amino-alcohol motifs (C(OH)–C–C–N with tert-alkyl or cyclic N) is 1. The van der Waals surface area contributed by atoms with Crippen LogP contribution in [0.5, 0.6) is 5.75 Å². The van der Waals surface area contributed by atoms with Crippen LogP contribution in [0.15, 0.2) is 24.3 Å². The minimum Gasteiger partial charge on any atom is -0.491 e. The van der Waals surface area contributed by atoms with Gasteiger partial charge in [0.1, 0.15) is 24.0 Å². The van der Waals surface area contributed by atoms with E-state index in [1.165, 1.54) is 0 Å². The molecule has 7 heteroatoms. The van der Waals surface area contributed by atoms with Crippen LogP contribution >= 0.6 is 0 Å². The molecule has 0 aromatic heterocycles. The van der Waals surface area contributed by atoms with Crippen molar-refractivity contribution >= 4 is 11.9 Å². The number of imide groups is 1. The molecule has 1 saturated heterocycles. The number of carbonyl (C=O) groups is 2. The Morgan fingerprint density at radius 3 is 2.50 bits per heavy atom. The lowest BCUT2D eigenvalue weighted by Gasteiger charge is -2.42. The Morgan fingerprint density at radius 1 is 1.30 bits per heavy atom. The van der Waals surface area contributed by atoms with Gasteiger partial charge < -0.3 is 15.2 Å². The van der Waals surface area contributed by atoms with Gasteiger partial charge in [0.2, 0.25) is 0 Å². The van der Waals surface area contributed by atoms with Gasteiger partial charge in [0, 0.05) is 0 Å². The van der Waals surface area contributed by atoms with Crippen molar-refractivity contribution in [1.82, 2.24) is 10.2 Å². The van der Waals surface area contributed by atoms with Gasteiger partial charge >= 0.3 is 6.03 Å². The molecular formula is C23H31N3O4. The molecule has 7 nitrogen and oxygen atoms in total. The van der Waals surface area contributed by atoms with E-state index in [0.29, 0.717) is 30.1 Å². The first-order valence-electron chi connectivity index (χ1n) is 10.7. The molecule has 1 aromatic rings. The monoisotopic (exact) mass is 413 g/mol. The summed E-state index contributed by atoms with van der Waals surface area (Å²) in [6, 6.07) is 8.12. The predicted octanol–water partition coefficient (Wildman–Crippen LogP) is 3.21. The van der Waals surface area contributed by atoms with Crippen molar-refractivity contribution in [3.05, 3.63) is 29.8 Å². The van der Waals surface area contributed by atoms with Gasteiger partial charge in [-0.1, -0.05) is 27.2 Å². The van der Waals surface area contributed by atoms with Gasteiger partial charge in [0.15, 0.2) is 0 Å². The highest BCUT2D eigenvalue weighted by Crippen LogP contribution is 2.45. The molecule has 1 atom stereocenters. The van der Waals surface area contributed by atoms with E-state index in [-0.39, 0.29) is 24.5 Å². The molecule has 3 amide bonds. The van der Waals surface area contributed by atoms with Crippen LogP contribution in [-0.4, -0.2) is 46.7 Å². The number of hydrogen-bond donors (Lipinski definition) is 2. The average Bonchev–Trinajstić information content (AvgIpc) is 2.97. The van der Waals surface area contributed by atoms with Crippen molar-refractivity contribution in [2.45, 2.75) is 64.5 Å². The van der Waals surface area contributed by atoms with Crippen LogP contribution in [0.3, 0.4) is 0 Å². The van der Waals surface area contributed by atoms with Crippen LogP contribution in [0.1, 0.15) is 58.4 Å². The topological polar surface area (TPSA) is 103 Å². The van der Waals surface area contributed by atoms with Crippen LogP contribution < -0.4 is 10.1 Å². The first kappa shape index (κ1) is 22.1. The number of amides is 3. The van der Waals surface area contributed by atoms with E-state index >= 15 is 0 Å². The molecule has 1 aliphatic heterocycles. The Kier molecular flexibility index (Phi) is 6.37. The maximum absolute atomic E-state index is 13.1. The molecule has 3 rings (SSSR count). The minimum atomic E-state index is -0.999. The van der Waals surface area contributed by atoms with Crippen molar-refractivity contribution in [2.75, 3.05) is 13.2 Å². The van der Waals surface area contributed by atoms with E-state index in [4.69, 9.17) is 10.00 Å². The first-order chi connectivity index (χ1) is 14.2. The number of hydrogen-bond acceptors (Lipinski definition) is 5. The zero-order valence-electron chi connectivity index (χ0n) is 18.0. The highest BCUT2D eigenvalue weighted by atomic mass is 16.5. The van der Waals surface area contributed by atoms with Crippen LogP contribution in [0.2, 0.25) is 0 Å². The standard InChI is InChI=1S/C23H31N3O4/c1-4-22(2,3)17-9-11-23(12-10-17)20(28)26(21(29)25-23)14-18(27)15-30-19-7-5-16(13-24)6-8-19/h5-8,17-18,27H,4,9-12,14-15H2,1-3H3,(H,25,29). The second-order valence-corrected chi connectivity index (χ2v) is 9.15. The van der Waals surface area contributed by atoms with Gasteiger partial charge in [-0.25, -0.2) is 4.79 Å². The number of aliphatic hydroxyl groups is 1. The molecule has 30 heavy (non-hydrogen) atoms. The number of nitriles is 1. The van der Waals surface area contributed by atoms with Crippen LogP contribution in [0.25, 0.3) is 0 Å². The molecule has 162 valence electrons. The van der Waals surface area contributed by atoms with Crippen molar-refractivity contribution < 1.29 is 19.4 Å². The third kappa shape index (κ3) is 4.44. The summed E-state index contributed by atoms with van der Waals surface area (Å²) in [5.74, 6) is 0.814. The fourth-order valence-corrected chi connectivity index (χ4v) is 4.44. The zero-order chi connectivity index (χ0) is 21.9. The predicted molar refractivity (Wildman–Crippen MR) is 112 cm³/mol. The molecule has 2 N–H and O–H groups in total. The third-order valence-corrected chi connectivity index (χ3v) is 6.92. The molecule has 1 aromatic carbocycles. The summed E-state index contributed by atoms with van der Waals surface area (Å²) in [6.07, 6.45) is 3.18. The van der Waals surface area contributed by atoms with Gasteiger partial charge in [-0.2, -0.15) is 5.26 Å². The summed E-state index contributed by atoms with van der Waals surface area (Å²) < 4.78 is 5.52. The fraction of sp³-hybridized carbons (Fsp3) is 0.609. The summed E-state index contributed by atoms with van der Waals surface area (Å²) in [5, 5.41) is 22.1. The lowest BCUT2D eigenvalue weighted by atomic mass is 9.65. The smallest absolute Gasteiger partial charge is 0.325 e. The Labute approximate surface area is 178 Å². The summed E-state index contributed by atoms with van der Waals surface area (Å²) in [7, 11) is 0. The molecule has 0 radical (unpaired) electrons. The Bertz CT molecular complexity index is 820. The lowest BCUT2D eigenvalue weighted by molar-refractivity contribution is -0.134. The maximum Gasteiger partial charge on any atom is 0.325 e. The second kappa shape index (κ2) is 8.65. The highest BCUT2D eigenvalue weighted by molar-refractivity contribution is 6.07. The van der Waals surface area contributed by atoms with Crippen LogP contribution in [-0.2, 0) is 4.79 Å². The molecule has 1 heterocycles. The normalized spacial score (nSPS) is 25.2. The zero-order valence-corrected chi connectivity index (χ0v) is 18.0. The lowest BCUT2D eigenvalue weighted by Crippen LogP contribution is -2.51. The van der Waals surface area contributed by atoms with Gasteiger partial charge in [0.25, 0.3) is 5.91 Å². The Morgan fingerprint density at radius 2 is 1.93 bits per heavy atom. The van der Waals surface area contributed by atoms with E-state index in [1.54, 1.807) is 24.3 Å². The molecule has 1 spiro atoms. The van der Waals surface area contributed by atoms with E-state index in [1.807, 2.05) is 6.07 Å². The van der Waals surface area contributed by atoms with E-state index in [2.05, 4.69) is 26.1 Å². The molecule has 2 aliphatic rings. The average molecular weight is 414 g/mol. The van der Waals surface area contributed by atoms with Crippen molar-refractivity contribution in [2.24, 2.45) is 11.3 Å². The number of carbonyl (C=O) groups excluding carboxylic acids is 2. The number of benzene rings is 1. The first-order valence-corrected chi connectivity index (χ1v) is 10.7. The quantitative estimate of drug-likeness (QED) is 0.668. The third-order valence-electron chi connectivity index (χ3n) is 6.92. The number of nitrogens with one attached hydrogen (secondary N) is 1.